The first-order valence-electron chi connectivity index (χ1n) is 9.52. The third kappa shape index (κ3) is 5.70. The van der Waals surface area contributed by atoms with Gasteiger partial charge in [-0.15, -0.1) is 0 Å². The van der Waals surface area contributed by atoms with E-state index in [-0.39, 0.29) is 0 Å². The van der Waals surface area contributed by atoms with Crippen molar-refractivity contribution in [1.29, 1.82) is 0 Å². The lowest BCUT2D eigenvalue weighted by atomic mass is 10.1. The summed E-state index contributed by atoms with van der Waals surface area (Å²) < 4.78 is 0. The molecule has 1 fully saturated rings. The highest BCUT2D eigenvalue weighted by Gasteiger charge is 2.18. The van der Waals surface area contributed by atoms with Crippen LogP contribution in [0.1, 0.15) is 12.5 Å². The molecule has 1 heterocycles. The van der Waals surface area contributed by atoms with E-state index in [0.717, 1.165) is 44.0 Å². The predicted molar refractivity (Wildman–Crippen MR) is 111 cm³/mol. The first-order chi connectivity index (χ1) is 13.1. The number of carbonyl (C=O) groups is 1. The number of benzene rings is 2. The van der Waals surface area contributed by atoms with Gasteiger partial charge in [0.25, 0.3) is 0 Å². The van der Waals surface area contributed by atoms with E-state index in [1.807, 2.05) is 24.3 Å². The summed E-state index contributed by atoms with van der Waals surface area (Å²) in [7, 11) is 0. The van der Waals surface area contributed by atoms with Gasteiger partial charge in [0.1, 0.15) is 0 Å². The average molecular weight is 367 g/mol. The van der Waals surface area contributed by atoms with Crippen molar-refractivity contribution in [2.75, 3.05) is 42.9 Å². The first-order valence-corrected chi connectivity index (χ1v) is 9.52. The number of nitrogens with two attached hydrogens (primary N) is 1. The molecule has 0 radical (unpaired) electrons. The Hall–Kier alpha value is -2.57. The Labute approximate surface area is 161 Å². The lowest BCUT2D eigenvalue weighted by Gasteiger charge is -2.37. The molecule has 0 saturated carbocycles. The molecule has 6 nitrogen and oxygen atoms in total. The second kappa shape index (κ2) is 9.39. The maximum absolute atomic E-state index is 11.1. The minimum absolute atomic E-state index is 0.356. The van der Waals surface area contributed by atoms with Crippen molar-refractivity contribution in [1.82, 2.24) is 10.2 Å². The molecule has 2 aromatic rings. The Bertz CT molecular complexity index is 728. The van der Waals surface area contributed by atoms with Gasteiger partial charge in [0, 0.05) is 56.7 Å². The fraction of sp³-hybridized carbons (Fsp3) is 0.381. The Morgan fingerprint density at radius 1 is 1.04 bits per heavy atom. The first kappa shape index (κ1) is 19.2. The number of anilines is 2. The average Bonchev–Trinajstić information content (AvgIpc) is 2.68. The number of urea groups is 1. The topological polar surface area (TPSA) is 73.6 Å². The molecule has 0 bridgehead atoms. The van der Waals surface area contributed by atoms with E-state index in [9.17, 15) is 4.79 Å². The number of piperazine rings is 1. The van der Waals surface area contributed by atoms with Gasteiger partial charge in [0.15, 0.2) is 0 Å². The second-order valence-corrected chi connectivity index (χ2v) is 7.05. The van der Waals surface area contributed by atoms with Crippen LogP contribution in [0, 0.1) is 0 Å². The monoisotopic (exact) mass is 367 g/mol. The molecular weight excluding hydrogens is 338 g/mol. The van der Waals surface area contributed by atoms with E-state index in [0.29, 0.717) is 12.6 Å². The fourth-order valence-electron chi connectivity index (χ4n) is 3.49. The standard InChI is InChI=1S/C21H29N5O/c1-17(23-15-18-7-5-6-10-20(18)24-21(22)27)16-25-11-13-26(14-12-25)19-8-3-2-4-9-19/h2-10,17,23H,11-16H2,1H3,(H3,22,24,27). The number of carbonyl (C=O) groups excluding carboxylic acids is 1. The van der Waals surface area contributed by atoms with Crippen molar-refractivity contribution in [2.45, 2.75) is 19.5 Å². The highest BCUT2D eigenvalue weighted by molar-refractivity contribution is 5.88. The summed E-state index contributed by atoms with van der Waals surface area (Å²) in [5, 5.41) is 6.24. The van der Waals surface area contributed by atoms with Crippen LogP contribution >= 0.6 is 0 Å². The molecule has 1 saturated heterocycles. The summed E-state index contributed by atoms with van der Waals surface area (Å²) in [6, 6.07) is 18.2. The van der Waals surface area contributed by atoms with Gasteiger partial charge in [-0.05, 0) is 30.7 Å². The Balaban J connectivity index is 1.44. The fourth-order valence-corrected chi connectivity index (χ4v) is 3.49. The molecule has 0 spiro atoms. The van der Waals surface area contributed by atoms with Gasteiger partial charge < -0.3 is 21.3 Å². The van der Waals surface area contributed by atoms with E-state index in [2.05, 4.69) is 57.7 Å². The molecule has 1 atom stereocenters. The minimum atomic E-state index is -0.535. The molecule has 1 aliphatic heterocycles. The molecule has 1 unspecified atom stereocenters. The van der Waals surface area contributed by atoms with Gasteiger partial charge in [-0.1, -0.05) is 36.4 Å². The smallest absolute Gasteiger partial charge is 0.316 e. The van der Waals surface area contributed by atoms with Gasteiger partial charge >= 0.3 is 6.03 Å². The molecule has 6 heteroatoms. The molecule has 144 valence electrons. The van der Waals surface area contributed by atoms with Crippen molar-refractivity contribution in [3.05, 3.63) is 60.2 Å². The summed E-state index contributed by atoms with van der Waals surface area (Å²) in [5.74, 6) is 0. The van der Waals surface area contributed by atoms with Crippen molar-refractivity contribution >= 4 is 17.4 Å². The molecule has 4 N–H and O–H groups in total. The van der Waals surface area contributed by atoms with Crippen LogP contribution in [-0.2, 0) is 6.54 Å². The van der Waals surface area contributed by atoms with Gasteiger partial charge in [-0.2, -0.15) is 0 Å². The van der Waals surface area contributed by atoms with E-state index in [4.69, 9.17) is 5.73 Å². The van der Waals surface area contributed by atoms with Crippen LogP contribution in [0.5, 0.6) is 0 Å². The molecule has 27 heavy (non-hydrogen) atoms. The van der Waals surface area contributed by atoms with Gasteiger partial charge in [-0.3, -0.25) is 4.90 Å². The van der Waals surface area contributed by atoms with Crippen LogP contribution in [0.2, 0.25) is 0 Å². The summed E-state index contributed by atoms with van der Waals surface area (Å²) >= 11 is 0. The van der Waals surface area contributed by atoms with Crippen LogP contribution in [0.3, 0.4) is 0 Å². The third-order valence-corrected chi connectivity index (χ3v) is 4.94. The SMILES string of the molecule is CC(CN1CCN(c2ccccc2)CC1)NCc1ccccc1NC(N)=O. The van der Waals surface area contributed by atoms with Crippen LogP contribution in [0.15, 0.2) is 54.6 Å². The number of amides is 2. The summed E-state index contributed by atoms with van der Waals surface area (Å²) in [6.45, 7) is 8.16. The normalized spacial score (nSPS) is 16.1. The van der Waals surface area contributed by atoms with E-state index in [1.165, 1.54) is 5.69 Å². The summed E-state index contributed by atoms with van der Waals surface area (Å²) in [4.78, 5) is 16.1. The zero-order valence-corrected chi connectivity index (χ0v) is 15.9. The number of hydrogen-bond acceptors (Lipinski definition) is 4. The Kier molecular flexibility index (Phi) is 6.68. The van der Waals surface area contributed by atoms with Gasteiger partial charge in [0.2, 0.25) is 0 Å². The number of para-hydroxylation sites is 2. The van der Waals surface area contributed by atoms with Gasteiger partial charge in [0.05, 0.1) is 0 Å². The van der Waals surface area contributed by atoms with Crippen LogP contribution in [0.4, 0.5) is 16.2 Å². The lowest BCUT2D eigenvalue weighted by Crippen LogP contribution is -2.50. The molecule has 0 aliphatic carbocycles. The highest BCUT2D eigenvalue weighted by Crippen LogP contribution is 2.16. The van der Waals surface area contributed by atoms with Gasteiger partial charge in [-0.25, -0.2) is 4.79 Å². The number of nitrogens with one attached hydrogen (secondary N) is 2. The van der Waals surface area contributed by atoms with Crippen molar-refractivity contribution in [2.24, 2.45) is 5.73 Å². The molecule has 2 amide bonds. The Morgan fingerprint density at radius 2 is 1.70 bits per heavy atom. The quantitative estimate of drug-likeness (QED) is 0.703. The third-order valence-electron chi connectivity index (χ3n) is 4.94. The maximum Gasteiger partial charge on any atom is 0.316 e. The molecule has 3 rings (SSSR count). The molecular formula is C21H29N5O. The number of hydrogen-bond donors (Lipinski definition) is 3. The summed E-state index contributed by atoms with van der Waals surface area (Å²) in [5.41, 5.74) is 8.36. The van der Waals surface area contributed by atoms with Crippen LogP contribution < -0.4 is 21.3 Å². The van der Waals surface area contributed by atoms with E-state index in [1.54, 1.807) is 0 Å². The largest absolute Gasteiger partial charge is 0.369 e. The van der Waals surface area contributed by atoms with Crippen LogP contribution in [0.25, 0.3) is 0 Å². The second-order valence-electron chi connectivity index (χ2n) is 7.05. The van der Waals surface area contributed by atoms with Crippen molar-refractivity contribution in [3.63, 3.8) is 0 Å². The van der Waals surface area contributed by atoms with Crippen molar-refractivity contribution in [3.8, 4) is 0 Å². The van der Waals surface area contributed by atoms with E-state index < -0.39 is 6.03 Å². The van der Waals surface area contributed by atoms with E-state index >= 15 is 0 Å². The molecule has 0 aromatic heterocycles. The Morgan fingerprint density at radius 3 is 2.41 bits per heavy atom. The predicted octanol–water partition coefficient (Wildman–Crippen LogP) is 2.48. The molecule has 2 aromatic carbocycles. The highest BCUT2D eigenvalue weighted by atomic mass is 16.2. The minimum Gasteiger partial charge on any atom is -0.369 e. The molecule has 1 aliphatic rings. The zero-order valence-electron chi connectivity index (χ0n) is 15.9. The lowest BCUT2D eigenvalue weighted by molar-refractivity contribution is 0.233. The van der Waals surface area contributed by atoms with Crippen molar-refractivity contribution < 1.29 is 4.79 Å². The number of primary amides is 1. The van der Waals surface area contributed by atoms with Crippen LogP contribution in [-0.4, -0.2) is 49.7 Å². The zero-order chi connectivity index (χ0) is 19.1. The number of nitrogens with zero attached hydrogens (tertiary/aromatic N) is 2. The summed E-state index contributed by atoms with van der Waals surface area (Å²) in [6.07, 6.45) is 0. The maximum atomic E-state index is 11.1. The number of rotatable bonds is 7.